The zero-order chi connectivity index (χ0) is 18.9. The molecule has 1 amide bonds. The molecule has 0 atom stereocenters. The van der Waals surface area contributed by atoms with Crippen molar-refractivity contribution in [3.05, 3.63) is 42.9 Å². The number of nitrogens with zero attached hydrogens (tertiary/aromatic N) is 3. The first-order chi connectivity index (χ1) is 12.3. The molecule has 0 radical (unpaired) electrons. The summed E-state index contributed by atoms with van der Waals surface area (Å²) < 4.78 is 29.1. The summed E-state index contributed by atoms with van der Waals surface area (Å²) in [6, 6.07) is 7.80. The van der Waals surface area contributed by atoms with Gasteiger partial charge < -0.3 is 9.72 Å². The highest BCUT2D eigenvalue weighted by Crippen LogP contribution is 2.29. The summed E-state index contributed by atoms with van der Waals surface area (Å²) in [5.41, 5.74) is 1.94. The minimum atomic E-state index is -3.43. The Bertz CT molecular complexity index is 1060. The second-order valence-corrected chi connectivity index (χ2v) is 8.02. The smallest absolute Gasteiger partial charge is 0.419 e. The molecule has 2 aromatic heterocycles. The summed E-state index contributed by atoms with van der Waals surface area (Å²) in [7, 11) is -3.43. The highest BCUT2D eigenvalue weighted by atomic mass is 32.2. The van der Waals surface area contributed by atoms with Gasteiger partial charge in [-0.1, -0.05) is 6.07 Å². The van der Waals surface area contributed by atoms with Crippen LogP contribution in [0.1, 0.15) is 13.8 Å². The number of amides is 1. The average molecular weight is 374 g/mol. The molecule has 0 saturated heterocycles. The van der Waals surface area contributed by atoms with Crippen LogP contribution in [0, 0.1) is 0 Å². The minimum absolute atomic E-state index is 0.105. The number of imidazole rings is 1. The van der Waals surface area contributed by atoms with Crippen LogP contribution in [-0.2, 0) is 14.6 Å². The van der Waals surface area contributed by atoms with Gasteiger partial charge in [0, 0.05) is 6.26 Å². The van der Waals surface area contributed by atoms with E-state index in [1.54, 1.807) is 32.0 Å². The number of fused-ring (bicyclic) bond motifs is 1. The van der Waals surface area contributed by atoms with Gasteiger partial charge in [-0.05, 0) is 38.1 Å². The highest BCUT2D eigenvalue weighted by molar-refractivity contribution is 7.90. The number of pyridine rings is 1. The van der Waals surface area contributed by atoms with Crippen molar-refractivity contribution in [1.82, 2.24) is 15.0 Å². The predicted octanol–water partition coefficient (Wildman–Crippen LogP) is 3.04. The van der Waals surface area contributed by atoms with Crippen LogP contribution in [0.4, 0.5) is 16.2 Å². The Labute approximate surface area is 150 Å². The molecule has 0 aliphatic heterocycles. The van der Waals surface area contributed by atoms with Crippen molar-refractivity contribution in [3.8, 4) is 0 Å². The molecular weight excluding hydrogens is 356 g/mol. The van der Waals surface area contributed by atoms with Gasteiger partial charge in [0.2, 0.25) is 0 Å². The van der Waals surface area contributed by atoms with E-state index in [0.29, 0.717) is 22.5 Å². The van der Waals surface area contributed by atoms with Crippen LogP contribution in [0.5, 0.6) is 0 Å². The van der Waals surface area contributed by atoms with Crippen LogP contribution < -0.4 is 4.90 Å². The molecule has 1 aromatic carbocycles. The third-order valence-corrected chi connectivity index (χ3v) is 4.65. The molecular formula is C17H18N4O4S. The van der Waals surface area contributed by atoms with Gasteiger partial charge >= 0.3 is 6.09 Å². The first kappa shape index (κ1) is 17.9. The van der Waals surface area contributed by atoms with Crippen molar-refractivity contribution in [1.29, 1.82) is 0 Å². The maximum atomic E-state index is 12.7. The molecule has 0 saturated carbocycles. The van der Waals surface area contributed by atoms with Crippen molar-refractivity contribution in [3.63, 3.8) is 0 Å². The Hall–Kier alpha value is -2.94. The number of hydrogen-bond acceptors (Lipinski definition) is 6. The van der Waals surface area contributed by atoms with Gasteiger partial charge in [-0.25, -0.2) is 28.1 Å². The van der Waals surface area contributed by atoms with E-state index in [1.165, 1.54) is 29.6 Å². The average Bonchev–Trinajstić information content (AvgIpc) is 3.01. The van der Waals surface area contributed by atoms with E-state index < -0.39 is 15.9 Å². The molecule has 2 heterocycles. The van der Waals surface area contributed by atoms with Crippen LogP contribution in [0.15, 0.2) is 47.8 Å². The number of H-pyrrole nitrogens is 1. The zero-order valence-corrected chi connectivity index (χ0v) is 15.3. The lowest BCUT2D eigenvalue weighted by molar-refractivity contribution is 0.125. The van der Waals surface area contributed by atoms with Gasteiger partial charge in [-0.15, -0.1) is 0 Å². The molecule has 0 spiro atoms. The van der Waals surface area contributed by atoms with E-state index in [2.05, 4.69) is 15.0 Å². The number of hydrogen-bond donors (Lipinski definition) is 1. The second kappa shape index (κ2) is 6.75. The maximum absolute atomic E-state index is 12.7. The molecule has 9 heteroatoms. The molecule has 3 rings (SSSR count). The van der Waals surface area contributed by atoms with Crippen LogP contribution in [0.2, 0.25) is 0 Å². The normalized spacial score (nSPS) is 11.7. The number of nitrogens with one attached hydrogen (secondary N) is 1. The number of benzene rings is 1. The van der Waals surface area contributed by atoms with Gasteiger partial charge in [-0.3, -0.25) is 0 Å². The van der Waals surface area contributed by atoms with E-state index in [0.717, 1.165) is 6.26 Å². The van der Waals surface area contributed by atoms with Crippen LogP contribution >= 0.6 is 0 Å². The summed E-state index contributed by atoms with van der Waals surface area (Å²) in [4.78, 5) is 25.3. The first-order valence-corrected chi connectivity index (χ1v) is 9.75. The molecule has 0 aliphatic rings. The third kappa shape index (κ3) is 3.67. The molecule has 0 bridgehead atoms. The predicted molar refractivity (Wildman–Crippen MR) is 97.2 cm³/mol. The molecule has 1 N–H and O–H groups in total. The third-order valence-electron chi connectivity index (χ3n) is 3.54. The molecule has 0 unspecified atom stereocenters. The van der Waals surface area contributed by atoms with Crippen LogP contribution in [0.25, 0.3) is 11.2 Å². The summed E-state index contributed by atoms with van der Waals surface area (Å²) in [5, 5.41) is 0. The molecule has 0 aliphatic carbocycles. The number of aromatic nitrogens is 3. The van der Waals surface area contributed by atoms with Crippen molar-refractivity contribution in [2.75, 3.05) is 11.2 Å². The van der Waals surface area contributed by atoms with Crippen LogP contribution in [0.3, 0.4) is 0 Å². The first-order valence-electron chi connectivity index (χ1n) is 7.85. The van der Waals surface area contributed by atoms with E-state index in [1.807, 2.05) is 0 Å². The summed E-state index contributed by atoms with van der Waals surface area (Å²) in [5.74, 6) is 0. The zero-order valence-electron chi connectivity index (χ0n) is 14.5. The lowest BCUT2D eigenvalue weighted by Crippen LogP contribution is -2.29. The largest absolute Gasteiger partial charge is 0.446 e. The SMILES string of the molecule is CC(C)OC(=O)N(c1cccc(S(C)(=O)=O)c1)c1cnc2nc[nH]c2c1. The monoisotopic (exact) mass is 374 g/mol. The number of sulfone groups is 1. The van der Waals surface area contributed by atoms with Gasteiger partial charge in [0.05, 0.1) is 40.4 Å². The van der Waals surface area contributed by atoms with Crippen LogP contribution in [-0.4, -0.2) is 41.8 Å². The summed E-state index contributed by atoms with van der Waals surface area (Å²) in [6.45, 7) is 3.47. The lowest BCUT2D eigenvalue weighted by Gasteiger charge is -2.23. The van der Waals surface area contributed by atoms with E-state index in [-0.39, 0.29) is 11.0 Å². The molecule has 26 heavy (non-hydrogen) atoms. The summed E-state index contributed by atoms with van der Waals surface area (Å²) >= 11 is 0. The Kier molecular flexibility index (Phi) is 4.64. The Morgan fingerprint density at radius 2 is 1.96 bits per heavy atom. The van der Waals surface area contributed by atoms with Gasteiger partial charge in [0.25, 0.3) is 0 Å². The van der Waals surface area contributed by atoms with Crippen molar-refractivity contribution >= 4 is 38.5 Å². The van der Waals surface area contributed by atoms with Crippen molar-refractivity contribution in [2.45, 2.75) is 24.8 Å². The minimum Gasteiger partial charge on any atom is -0.446 e. The Morgan fingerprint density at radius 3 is 2.65 bits per heavy atom. The van der Waals surface area contributed by atoms with Gasteiger partial charge in [0.1, 0.15) is 0 Å². The number of ether oxygens (including phenoxy) is 1. The molecule has 3 aromatic rings. The number of rotatable bonds is 4. The maximum Gasteiger partial charge on any atom is 0.419 e. The number of anilines is 2. The van der Waals surface area contributed by atoms with Gasteiger partial charge in [0.15, 0.2) is 15.5 Å². The standard InChI is InChI=1S/C17H18N4O4S/c1-11(2)25-17(22)21(12-5-4-6-14(7-12)26(3,23)24)13-8-15-16(18-9-13)20-10-19-15/h4-11H,1-3H3,(H,18,19,20). The fourth-order valence-electron chi connectivity index (χ4n) is 2.41. The second-order valence-electron chi connectivity index (χ2n) is 6.00. The fourth-order valence-corrected chi connectivity index (χ4v) is 3.07. The summed E-state index contributed by atoms with van der Waals surface area (Å²) in [6.07, 6.45) is 3.12. The molecule has 136 valence electrons. The molecule has 0 fully saturated rings. The topological polar surface area (TPSA) is 105 Å². The fraction of sp³-hybridized carbons (Fsp3) is 0.235. The highest BCUT2D eigenvalue weighted by Gasteiger charge is 2.23. The number of carbonyl (C=O) groups is 1. The van der Waals surface area contributed by atoms with Gasteiger partial charge in [-0.2, -0.15) is 0 Å². The van der Waals surface area contributed by atoms with E-state index >= 15 is 0 Å². The van der Waals surface area contributed by atoms with E-state index in [4.69, 9.17) is 4.74 Å². The number of aromatic amines is 1. The molecule has 8 nitrogen and oxygen atoms in total. The quantitative estimate of drug-likeness (QED) is 0.752. The Morgan fingerprint density at radius 1 is 1.19 bits per heavy atom. The lowest BCUT2D eigenvalue weighted by atomic mass is 10.2. The van der Waals surface area contributed by atoms with Crippen molar-refractivity contribution < 1.29 is 17.9 Å². The van der Waals surface area contributed by atoms with E-state index in [9.17, 15) is 13.2 Å². The number of carbonyl (C=O) groups excluding carboxylic acids is 1. The van der Waals surface area contributed by atoms with Crippen molar-refractivity contribution in [2.24, 2.45) is 0 Å². The Balaban J connectivity index is 2.13.